The lowest BCUT2D eigenvalue weighted by Crippen LogP contribution is -2.04. The first-order valence-electron chi connectivity index (χ1n) is 23.1. The van der Waals surface area contributed by atoms with Gasteiger partial charge >= 0.3 is 0 Å². The van der Waals surface area contributed by atoms with E-state index in [4.69, 9.17) is 4.98 Å². The van der Waals surface area contributed by atoms with Crippen LogP contribution in [0.2, 0.25) is 0 Å². The zero-order valence-electron chi connectivity index (χ0n) is 38.2. The first kappa shape index (κ1) is 42.5. The summed E-state index contributed by atoms with van der Waals surface area (Å²) in [5.41, 5.74) is 15.4. The zero-order valence-corrected chi connectivity index (χ0v) is 38.2. The molecule has 72 heavy (non-hydrogen) atoms. The normalized spacial score (nSPS) is 11.0. The highest BCUT2D eigenvalue weighted by atomic mass is 15.1. The lowest BCUT2D eigenvalue weighted by atomic mass is 9.98. The molecule has 0 fully saturated rings. The molecule has 0 unspecified atom stereocenters. The van der Waals surface area contributed by atoms with Crippen LogP contribution in [0.15, 0.2) is 206 Å². The maximum atomic E-state index is 10.2. The van der Waals surface area contributed by atoms with E-state index in [1.165, 1.54) is 0 Å². The van der Waals surface area contributed by atoms with E-state index in [9.17, 15) is 26.3 Å². The molecule has 0 amide bonds. The van der Waals surface area contributed by atoms with E-state index in [0.29, 0.717) is 33.6 Å². The second-order valence-electron chi connectivity index (χ2n) is 17.5. The standard InChI is InChI=1S/C64H34N8/c65-34-40-17-19-41(20-18-40)58-33-64(72-61-31-44(52-15-7-3-11-48(52)37-68)23-27-56(61)57-28-24-45(32-62(57)72)53-16-8-4-12-49(53)38-69)70-39-63(58)71-59-29-42(50-13-5-1-9-46(50)35-66)21-25-54(59)55-26-22-43(30-60(55)71)51-14-6-2-10-47(51)36-67/h1-33,39H. The van der Waals surface area contributed by atoms with E-state index >= 15 is 0 Å². The Hall–Kier alpha value is -10.8. The van der Waals surface area contributed by atoms with E-state index in [2.05, 4.69) is 118 Å². The van der Waals surface area contributed by atoms with E-state index in [-0.39, 0.29) is 0 Å². The number of benzene rings is 9. The predicted octanol–water partition coefficient (Wildman–Crippen LogP) is 15.0. The Bertz CT molecular complexity index is 4230. The molecule has 330 valence electrons. The van der Waals surface area contributed by atoms with Gasteiger partial charge in [-0.1, -0.05) is 133 Å². The number of nitriles is 5. The van der Waals surface area contributed by atoms with Crippen molar-refractivity contribution in [3.8, 4) is 97.5 Å². The number of hydrogen-bond acceptors (Lipinski definition) is 6. The van der Waals surface area contributed by atoms with Gasteiger partial charge in [0.2, 0.25) is 0 Å². The molecule has 3 heterocycles. The van der Waals surface area contributed by atoms with E-state index in [1.807, 2.05) is 128 Å². The minimum Gasteiger partial charge on any atom is -0.307 e. The van der Waals surface area contributed by atoms with Crippen LogP contribution in [0.5, 0.6) is 0 Å². The van der Waals surface area contributed by atoms with Crippen LogP contribution in [-0.4, -0.2) is 14.1 Å². The minimum atomic E-state index is 0.519. The van der Waals surface area contributed by atoms with Gasteiger partial charge in [0.1, 0.15) is 5.82 Å². The van der Waals surface area contributed by atoms with Crippen molar-refractivity contribution in [3.05, 3.63) is 234 Å². The Labute approximate surface area is 413 Å². The van der Waals surface area contributed by atoms with Gasteiger partial charge in [-0.3, -0.25) is 4.57 Å². The number of fused-ring (bicyclic) bond motifs is 6. The highest BCUT2D eigenvalue weighted by Gasteiger charge is 2.23. The van der Waals surface area contributed by atoms with Crippen LogP contribution >= 0.6 is 0 Å². The first-order chi connectivity index (χ1) is 35.5. The van der Waals surface area contributed by atoms with Crippen molar-refractivity contribution >= 4 is 43.6 Å². The van der Waals surface area contributed by atoms with Crippen molar-refractivity contribution in [2.45, 2.75) is 0 Å². The summed E-state index contributed by atoms with van der Waals surface area (Å²) < 4.78 is 4.37. The lowest BCUT2D eigenvalue weighted by molar-refractivity contribution is 1.06. The van der Waals surface area contributed by atoms with Crippen molar-refractivity contribution in [2.75, 3.05) is 0 Å². The Morgan fingerprint density at radius 1 is 0.306 bits per heavy atom. The van der Waals surface area contributed by atoms with Gasteiger partial charge in [0, 0.05) is 27.1 Å². The zero-order chi connectivity index (χ0) is 48.9. The predicted molar refractivity (Wildman–Crippen MR) is 284 cm³/mol. The lowest BCUT2D eigenvalue weighted by Gasteiger charge is -2.17. The molecular formula is C64H34N8. The maximum absolute atomic E-state index is 10.2. The van der Waals surface area contributed by atoms with Gasteiger partial charge in [-0.25, -0.2) is 4.98 Å². The average molecular weight is 915 g/mol. The summed E-state index contributed by atoms with van der Waals surface area (Å²) >= 11 is 0. The molecule has 0 radical (unpaired) electrons. The molecule has 0 N–H and O–H groups in total. The van der Waals surface area contributed by atoms with Gasteiger partial charge in [0.05, 0.1) is 92.1 Å². The van der Waals surface area contributed by atoms with Gasteiger partial charge in [-0.2, -0.15) is 26.3 Å². The van der Waals surface area contributed by atoms with Gasteiger partial charge in [0.15, 0.2) is 0 Å². The van der Waals surface area contributed by atoms with Gasteiger partial charge in [-0.05, 0) is 117 Å². The molecule has 0 atom stereocenters. The first-order valence-corrected chi connectivity index (χ1v) is 23.1. The molecule has 9 aromatic carbocycles. The van der Waals surface area contributed by atoms with Crippen LogP contribution in [0.3, 0.4) is 0 Å². The summed E-state index contributed by atoms with van der Waals surface area (Å²) in [5, 5.41) is 54.7. The van der Waals surface area contributed by atoms with Gasteiger partial charge < -0.3 is 4.57 Å². The van der Waals surface area contributed by atoms with E-state index in [1.54, 1.807) is 0 Å². The van der Waals surface area contributed by atoms with Crippen molar-refractivity contribution < 1.29 is 0 Å². The second kappa shape index (κ2) is 17.4. The van der Waals surface area contributed by atoms with Gasteiger partial charge in [0.25, 0.3) is 0 Å². The molecule has 0 bridgehead atoms. The molecule has 3 aromatic heterocycles. The molecule has 0 saturated carbocycles. The molecule has 12 aromatic rings. The highest BCUT2D eigenvalue weighted by Crippen LogP contribution is 2.43. The third-order valence-corrected chi connectivity index (χ3v) is 13.6. The van der Waals surface area contributed by atoms with Crippen molar-refractivity contribution in [1.29, 1.82) is 26.3 Å². The van der Waals surface area contributed by atoms with E-state index < -0.39 is 0 Å². The molecule has 0 aliphatic rings. The molecular weight excluding hydrogens is 881 g/mol. The molecule has 0 aliphatic carbocycles. The molecule has 8 nitrogen and oxygen atoms in total. The summed E-state index contributed by atoms with van der Waals surface area (Å²) in [6.07, 6.45) is 1.90. The topological polar surface area (TPSA) is 142 Å². The number of nitrogens with zero attached hydrogens (tertiary/aromatic N) is 8. The summed E-state index contributed by atoms with van der Waals surface area (Å²) in [7, 11) is 0. The van der Waals surface area contributed by atoms with Crippen molar-refractivity contribution in [2.24, 2.45) is 0 Å². The van der Waals surface area contributed by atoms with Crippen LogP contribution in [-0.2, 0) is 0 Å². The summed E-state index contributed by atoms with van der Waals surface area (Å²) in [4.78, 5) is 5.40. The Kier molecular flexibility index (Phi) is 10.3. The van der Waals surface area contributed by atoms with Crippen molar-refractivity contribution in [3.63, 3.8) is 0 Å². The van der Waals surface area contributed by atoms with E-state index in [0.717, 1.165) is 105 Å². The third kappa shape index (κ3) is 6.92. The minimum absolute atomic E-state index is 0.519. The highest BCUT2D eigenvalue weighted by molar-refractivity contribution is 6.13. The Morgan fingerprint density at radius 2 is 0.639 bits per heavy atom. The second-order valence-corrected chi connectivity index (χ2v) is 17.5. The average Bonchev–Trinajstić information content (AvgIpc) is 3.95. The molecule has 12 rings (SSSR count). The molecule has 0 spiro atoms. The Morgan fingerprint density at radius 3 is 0.986 bits per heavy atom. The van der Waals surface area contributed by atoms with Gasteiger partial charge in [-0.15, -0.1) is 0 Å². The van der Waals surface area contributed by atoms with Crippen LogP contribution < -0.4 is 0 Å². The smallest absolute Gasteiger partial charge is 0.138 e. The summed E-state index contributed by atoms with van der Waals surface area (Å²) in [6.45, 7) is 0. The molecule has 0 saturated heterocycles. The maximum Gasteiger partial charge on any atom is 0.138 e. The summed E-state index contributed by atoms with van der Waals surface area (Å²) in [5.74, 6) is 0.614. The van der Waals surface area contributed by atoms with Crippen molar-refractivity contribution in [1.82, 2.24) is 14.1 Å². The third-order valence-electron chi connectivity index (χ3n) is 13.6. The number of hydrogen-bond donors (Lipinski definition) is 0. The van der Waals surface area contributed by atoms with Crippen LogP contribution in [0, 0.1) is 56.7 Å². The van der Waals surface area contributed by atoms with Crippen LogP contribution in [0.1, 0.15) is 27.8 Å². The van der Waals surface area contributed by atoms with Crippen LogP contribution in [0.25, 0.3) is 111 Å². The van der Waals surface area contributed by atoms with Crippen LogP contribution in [0.4, 0.5) is 0 Å². The number of aromatic nitrogens is 3. The number of rotatable bonds is 7. The monoisotopic (exact) mass is 914 g/mol. The fourth-order valence-corrected chi connectivity index (χ4v) is 10.2. The molecule has 8 heteroatoms. The largest absolute Gasteiger partial charge is 0.307 e. The summed E-state index contributed by atoms with van der Waals surface area (Å²) in [6, 6.07) is 76.8. The quantitative estimate of drug-likeness (QED) is 0.156. The molecule has 0 aliphatic heterocycles. The fourth-order valence-electron chi connectivity index (χ4n) is 10.2. The fraction of sp³-hybridized carbons (Fsp3) is 0. The SMILES string of the molecule is N#Cc1ccc(-c2cc(-n3c4cc(-c5ccccc5C#N)ccc4c4ccc(-c5ccccc5C#N)cc43)ncc2-n2c3cc(-c4ccccc4C#N)ccc3c3ccc(-c4ccccc4C#N)cc32)cc1. The number of pyridine rings is 1. The Balaban J connectivity index is 1.18.